The summed E-state index contributed by atoms with van der Waals surface area (Å²) in [5.41, 5.74) is 3.07. The van der Waals surface area contributed by atoms with Crippen molar-refractivity contribution in [3.63, 3.8) is 0 Å². The molecule has 3 nitrogen and oxygen atoms in total. The van der Waals surface area contributed by atoms with Crippen LogP contribution in [0.25, 0.3) is 0 Å². The first-order valence-electron chi connectivity index (χ1n) is 5.79. The molecule has 1 unspecified atom stereocenters. The van der Waals surface area contributed by atoms with Gasteiger partial charge < -0.3 is 4.74 Å². The lowest BCUT2D eigenvalue weighted by Crippen LogP contribution is -2.16. The molecule has 0 aliphatic heterocycles. The number of benzene rings is 1. The molecule has 1 aromatic rings. The topological polar surface area (TPSA) is 50.1 Å². The Bertz CT molecular complexity index is 474. The molecule has 1 aromatic carbocycles. The zero-order chi connectivity index (χ0) is 12.3. The number of hydrogen-bond donors (Lipinski definition) is 0. The molecule has 0 N–H and O–H groups in total. The van der Waals surface area contributed by atoms with E-state index in [4.69, 9.17) is 10.00 Å². The van der Waals surface area contributed by atoms with Crippen LogP contribution in [0.4, 0.5) is 0 Å². The van der Waals surface area contributed by atoms with Crippen LogP contribution in [0.5, 0.6) is 0 Å². The van der Waals surface area contributed by atoms with Crippen LogP contribution in [0.1, 0.15) is 36.0 Å². The number of carbonyl (C=O) groups is 1. The fourth-order valence-electron chi connectivity index (χ4n) is 2.22. The van der Waals surface area contributed by atoms with Crippen molar-refractivity contribution < 1.29 is 9.53 Å². The Kier molecular flexibility index (Phi) is 3.43. The number of fused-ring (bicyclic) bond motifs is 1. The summed E-state index contributed by atoms with van der Waals surface area (Å²) in [6.45, 7) is 2.05. The van der Waals surface area contributed by atoms with Gasteiger partial charge in [-0.2, -0.15) is 5.26 Å². The highest BCUT2D eigenvalue weighted by Gasteiger charge is 2.26. The lowest BCUT2D eigenvalue weighted by molar-refractivity contribution is -0.143. The maximum Gasteiger partial charge on any atom is 0.327 e. The summed E-state index contributed by atoms with van der Waals surface area (Å²) in [6, 6.07) is 7.80. The molecule has 2 rings (SSSR count). The van der Waals surface area contributed by atoms with Gasteiger partial charge in [0.2, 0.25) is 0 Å². The third-order valence-corrected chi connectivity index (χ3v) is 2.97. The molecule has 0 heterocycles. The minimum atomic E-state index is -0.795. The number of rotatable bonds is 3. The molecule has 0 bridgehead atoms. The van der Waals surface area contributed by atoms with Gasteiger partial charge in [0.25, 0.3) is 0 Å². The maximum absolute atomic E-state index is 11.7. The zero-order valence-corrected chi connectivity index (χ0v) is 9.77. The molecule has 1 atom stereocenters. The first-order valence-corrected chi connectivity index (χ1v) is 5.79. The molecule has 0 saturated carbocycles. The molecule has 0 saturated heterocycles. The molecule has 1 aliphatic carbocycles. The summed E-state index contributed by atoms with van der Waals surface area (Å²) >= 11 is 0. The monoisotopic (exact) mass is 228 g/mol. The summed E-state index contributed by atoms with van der Waals surface area (Å²) in [5.74, 6) is -1.24. The predicted octanol–water partition coefficient (Wildman–Crippen LogP) is 2.36. The van der Waals surface area contributed by atoms with Gasteiger partial charge in [0, 0.05) is 0 Å². The number of nitrogens with zero attached hydrogens (tertiary/aromatic N) is 1. The quantitative estimate of drug-likeness (QED) is 0.746. The summed E-state index contributed by atoms with van der Waals surface area (Å²) in [7, 11) is 0. The second-order valence-corrected chi connectivity index (χ2v) is 3.97. The molecular weight excluding hydrogens is 214 g/mol. The van der Waals surface area contributed by atoms with Crippen molar-refractivity contribution in [3.05, 3.63) is 41.3 Å². The van der Waals surface area contributed by atoms with Crippen molar-refractivity contribution in [1.29, 1.82) is 5.26 Å². The molecule has 1 aliphatic rings. The molecular formula is C14H14NO2. The van der Waals surface area contributed by atoms with Gasteiger partial charge >= 0.3 is 5.97 Å². The molecule has 0 fully saturated rings. The largest absolute Gasteiger partial charge is 0.465 e. The number of hydrogen-bond acceptors (Lipinski definition) is 3. The van der Waals surface area contributed by atoms with E-state index in [0.717, 1.165) is 29.5 Å². The van der Waals surface area contributed by atoms with E-state index in [9.17, 15) is 4.79 Å². The third-order valence-electron chi connectivity index (χ3n) is 2.97. The van der Waals surface area contributed by atoms with Gasteiger partial charge in [-0.15, -0.1) is 0 Å². The van der Waals surface area contributed by atoms with Crippen LogP contribution >= 0.6 is 0 Å². The standard InChI is InChI=1S/C14H14NO2/c1-2-17-14(16)13(9-15)12-8-4-6-10-5-3-7-11(10)12/h4-6,8,13H,2-3,7H2,1H3. The van der Waals surface area contributed by atoms with Gasteiger partial charge in [-0.25, -0.2) is 0 Å². The molecule has 87 valence electrons. The van der Waals surface area contributed by atoms with Crippen LogP contribution in [-0.4, -0.2) is 12.6 Å². The maximum atomic E-state index is 11.7. The molecule has 3 heteroatoms. The molecule has 0 amide bonds. The zero-order valence-electron chi connectivity index (χ0n) is 9.77. The average molecular weight is 228 g/mol. The van der Waals surface area contributed by atoms with Gasteiger partial charge in [-0.05, 0) is 42.9 Å². The van der Waals surface area contributed by atoms with E-state index in [1.54, 1.807) is 6.92 Å². The van der Waals surface area contributed by atoms with E-state index in [1.165, 1.54) is 0 Å². The Labute approximate surface area is 101 Å². The second-order valence-electron chi connectivity index (χ2n) is 3.97. The van der Waals surface area contributed by atoms with Gasteiger partial charge in [0.1, 0.15) is 0 Å². The average Bonchev–Trinajstić information content (AvgIpc) is 2.79. The molecule has 1 radical (unpaired) electrons. The van der Waals surface area contributed by atoms with Crippen molar-refractivity contribution in [2.75, 3.05) is 6.61 Å². The highest BCUT2D eigenvalue weighted by molar-refractivity contribution is 5.82. The van der Waals surface area contributed by atoms with Gasteiger partial charge in [-0.3, -0.25) is 4.79 Å². The Morgan fingerprint density at radius 1 is 1.59 bits per heavy atom. The van der Waals surface area contributed by atoms with Crippen LogP contribution in [0, 0.1) is 17.8 Å². The van der Waals surface area contributed by atoms with Gasteiger partial charge in [-0.1, -0.05) is 18.2 Å². The van der Waals surface area contributed by atoms with Crippen LogP contribution in [0.3, 0.4) is 0 Å². The van der Waals surface area contributed by atoms with Crippen LogP contribution < -0.4 is 0 Å². The lowest BCUT2D eigenvalue weighted by atomic mass is 9.93. The second kappa shape index (κ2) is 5.01. The Morgan fingerprint density at radius 2 is 2.41 bits per heavy atom. The van der Waals surface area contributed by atoms with E-state index in [2.05, 4.69) is 6.42 Å². The Morgan fingerprint density at radius 3 is 3.12 bits per heavy atom. The number of esters is 1. The minimum Gasteiger partial charge on any atom is -0.465 e. The number of carbonyl (C=O) groups excluding carboxylic acids is 1. The summed E-state index contributed by atoms with van der Waals surface area (Å²) in [4.78, 5) is 11.7. The van der Waals surface area contributed by atoms with Crippen molar-refractivity contribution >= 4 is 5.97 Å². The minimum absolute atomic E-state index is 0.304. The SMILES string of the molecule is CCOC(=O)C(C#N)c1cccc2c1CC[CH]2. The van der Waals surface area contributed by atoms with Crippen LogP contribution in [0.2, 0.25) is 0 Å². The first kappa shape index (κ1) is 11.7. The van der Waals surface area contributed by atoms with Crippen molar-refractivity contribution in [2.45, 2.75) is 25.7 Å². The van der Waals surface area contributed by atoms with Crippen molar-refractivity contribution in [3.8, 4) is 6.07 Å². The number of ether oxygens (including phenoxy) is 1. The third kappa shape index (κ3) is 2.16. The van der Waals surface area contributed by atoms with Gasteiger partial charge in [0.15, 0.2) is 5.92 Å². The smallest absolute Gasteiger partial charge is 0.327 e. The highest BCUT2D eigenvalue weighted by atomic mass is 16.5. The van der Waals surface area contributed by atoms with Gasteiger partial charge in [0.05, 0.1) is 12.7 Å². The van der Waals surface area contributed by atoms with E-state index >= 15 is 0 Å². The molecule has 0 spiro atoms. The van der Waals surface area contributed by atoms with Crippen LogP contribution in [-0.2, 0) is 16.0 Å². The number of nitriles is 1. The molecule has 17 heavy (non-hydrogen) atoms. The van der Waals surface area contributed by atoms with Crippen LogP contribution in [0.15, 0.2) is 18.2 Å². The van der Waals surface area contributed by atoms with E-state index in [1.807, 2.05) is 24.3 Å². The lowest BCUT2D eigenvalue weighted by Gasteiger charge is -2.12. The Balaban J connectivity index is 2.36. The predicted molar refractivity (Wildman–Crippen MR) is 63.2 cm³/mol. The highest BCUT2D eigenvalue weighted by Crippen LogP contribution is 2.31. The van der Waals surface area contributed by atoms with Crippen molar-refractivity contribution in [2.24, 2.45) is 0 Å². The van der Waals surface area contributed by atoms with E-state index < -0.39 is 11.9 Å². The van der Waals surface area contributed by atoms with E-state index in [-0.39, 0.29) is 0 Å². The normalized spacial score (nSPS) is 14.8. The first-order chi connectivity index (χ1) is 8.27. The Hall–Kier alpha value is -1.82. The summed E-state index contributed by atoms with van der Waals surface area (Å²) < 4.78 is 4.94. The van der Waals surface area contributed by atoms with Crippen molar-refractivity contribution in [1.82, 2.24) is 0 Å². The summed E-state index contributed by atoms with van der Waals surface area (Å²) in [6.07, 6.45) is 4.02. The fraction of sp³-hybridized carbons (Fsp3) is 0.357. The fourth-order valence-corrected chi connectivity index (χ4v) is 2.22. The molecule has 0 aromatic heterocycles. The summed E-state index contributed by atoms with van der Waals surface area (Å²) in [5, 5.41) is 9.15. The van der Waals surface area contributed by atoms with E-state index in [0.29, 0.717) is 6.61 Å².